The van der Waals surface area contributed by atoms with Crippen LogP contribution in [0.15, 0.2) is 53.3 Å². The zero-order chi connectivity index (χ0) is 28.0. The number of amides is 3. The normalized spacial score (nSPS) is 11.0. The van der Waals surface area contributed by atoms with E-state index in [1.54, 1.807) is 13.8 Å². The second-order valence-electron chi connectivity index (χ2n) is 8.19. The third kappa shape index (κ3) is 19.1. The summed E-state index contributed by atoms with van der Waals surface area (Å²) in [6.45, 7) is 23.5. The Labute approximate surface area is 215 Å². The highest BCUT2D eigenvalue weighted by Gasteiger charge is 2.19. The Morgan fingerprint density at radius 3 is 1.74 bits per heavy atom. The molecule has 0 radical (unpaired) electrons. The fraction of sp³-hybridized carbons (Fsp3) is 0.552. The maximum absolute atomic E-state index is 12.1. The Bertz CT molecular complexity index is 789. The molecule has 35 heavy (non-hydrogen) atoms. The van der Waals surface area contributed by atoms with Gasteiger partial charge < -0.3 is 16.0 Å². The summed E-state index contributed by atoms with van der Waals surface area (Å²) in [4.78, 5) is 34.6. The number of benzene rings is 1. The molecular weight excluding hydrogens is 438 g/mol. The molecule has 0 aliphatic carbocycles. The summed E-state index contributed by atoms with van der Waals surface area (Å²) in [6, 6.07) is 9.89. The predicted molar refractivity (Wildman–Crippen MR) is 150 cm³/mol. The van der Waals surface area contributed by atoms with Crippen LogP contribution in [-0.4, -0.2) is 23.3 Å². The van der Waals surface area contributed by atoms with Crippen molar-refractivity contribution in [3.63, 3.8) is 0 Å². The van der Waals surface area contributed by atoms with Crippen molar-refractivity contribution >= 4 is 17.7 Å². The molecule has 6 nitrogen and oxygen atoms in total. The Morgan fingerprint density at radius 1 is 0.857 bits per heavy atom. The van der Waals surface area contributed by atoms with Crippen LogP contribution in [0.1, 0.15) is 101 Å². The first-order chi connectivity index (χ1) is 16.4. The number of carbonyl (C=O) groups excluding carboxylic acids is 3. The van der Waals surface area contributed by atoms with E-state index < -0.39 is 0 Å². The summed E-state index contributed by atoms with van der Waals surface area (Å²) < 4.78 is 0. The van der Waals surface area contributed by atoms with Crippen LogP contribution in [0.2, 0.25) is 0 Å². The zero-order valence-electron chi connectivity index (χ0n) is 24.3. The third-order valence-corrected chi connectivity index (χ3v) is 4.27. The lowest BCUT2D eigenvalue weighted by atomic mass is 10.0. The van der Waals surface area contributed by atoms with Gasteiger partial charge in [-0.05, 0) is 52.7 Å². The van der Waals surface area contributed by atoms with Crippen LogP contribution in [0.25, 0.3) is 0 Å². The van der Waals surface area contributed by atoms with Crippen molar-refractivity contribution in [2.45, 2.75) is 108 Å². The highest BCUT2D eigenvalue weighted by atomic mass is 16.2. The van der Waals surface area contributed by atoms with Crippen LogP contribution >= 0.6 is 0 Å². The van der Waals surface area contributed by atoms with Gasteiger partial charge in [0.15, 0.2) is 0 Å². The van der Waals surface area contributed by atoms with E-state index in [-0.39, 0.29) is 23.3 Å². The van der Waals surface area contributed by atoms with Crippen LogP contribution in [0.3, 0.4) is 0 Å². The largest absolute Gasteiger partial charge is 0.352 e. The maximum atomic E-state index is 12.1. The molecule has 1 aromatic rings. The molecule has 6 heteroatoms. The molecule has 0 atom stereocenters. The minimum Gasteiger partial charge on any atom is -0.352 e. The van der Waals surface area contributed by atoms with E-state index in [0.29, 0.717) is 30.7 Å². The van der Waals surface area contributed by atoms with Gasteiger partial charge in [0.1, 0.15) is 0 Å². The molecule has 0 aliphatic heterocycles. The van der Waals surface area contributed by atoms with Gasteiger partial charge in [0.25, 0.3) is 0 Å². The van der Waals surface area contributed by atoms with Crippen LogP contribution < -0.4 is 16.0 Å². The van der Waals surface area contributed by atoms with Gasteiger partial charge in [0.2, 0.25) is 17.7 Å². The SMILES string of the molecule is C/C=C(C)\C(NC(=O)CC)=C(/C)C(=O)NC(C)(C)C.CC.CC.CCC(=O)NCc1ccccc1. The Balaban J connectivity index is -0.000000546. The molecule has 0 heterocycles. The first-order valence-electron chi connectivity index (χ1n) is 12.7. The molecule has 0 bridgehead atoms. The van der Waals surface area contributed by atoms with Crippen molar-refractivity contribution in [1.29, 1.82) is 0 Å². The van der Waals surface area contributed by atoms with E-state index in [1.165, 1.54) is 0 Å². The lowest BCUT2D eigenvalue weighted by Crippen LogP contribution is -2.42. The molecule has 1 rings (SSSR count). The highest BCUT2D eigenvalue weighted by molar-refractivity contribution is 5.95. The Kier molecular flexibility index (Phi) is 22.7. The minimum absolute atomic E-state index is 0.0962. The molecule has 0 aliphatic rings. The van der Waals surface area contributed by atoms with Gasteiger partial charge in [-0.15, -0.1) is 0 Å². The molecule has 1 aromatic carbocycles. The molecule has 0 saturated carbocycles. The zero-order valence-corrected chi connectivity index (χ0v) is 24.3. The van der Waals surface area contributed by atoms with Crippen molar-refractivity contribution in [2.75, 3.05) is 0 Å². The topological polar surface area (TPSA) is 87.3 Å². The highest BCUT2D eigenvalue weighted by Crippen LogP contribution is 2.13. The number of nitrogens with one attached hydrogen (secondary N) is 3. The van der Waals surface area contributed by atoms with Gasteiger partial charge in [-0.2, -0.15) is 0 Å². The number of carbonyl (C=O) groups is 3. The van der Waals surface area contributed by atoms with Crippen molar-refractivity contribution in [2.24, 2.45) is 0 Å². The van der Waals surface area contributed by atoms with E-state index in [4.69, 9.17) is 0 Å². The molecule has 0 fully saturated rings. The molecule has 3 amide bonds. The summed E-state index contributed by atoms with van der Waals surface area (Å²) >= 11 is 0. The molecule has 0 unspecified atom stereocenters. The van der Waals surface area contributed by atoms with Crippen LogP contribution in [0, 0.1) is 0 Å². The average Bonchev–Trinajstić information content (AvgIpc) is 2.87. The second kappa shape index (κ2) is 21.6. The first kappa shape index (κ1) is 36.7. The second-order valence-corrected chi connectivity index (χ2v) is 8.19. The summed E-state index contributed by atoms with van der Waals surface area (Å²) in [5.74, 6) is -0.168. The van der Waals surface area contributed by atoms with E-state index in [1.807, 2.05) is 106 Å². The van der Waals surface area contributed by atoms with Gasteiger partial charge in [-0.1, -0.05) is 78.0 Å². The molecule has 200 valence electrons. The van der Waals surface area contributed by atoms with Gasteiger partial charge in [-0.3, -0.25) is 14.4 Å². The molecule has 0 spiro atoms. The molecular formula is C29H51N3O3. The quantitative estimate of drug-likeness (QED) is 0.304. The van der Waals surface area contributed by atoms with Crippen LogP contribution in [0.4, 0.5) is 0 Å². The molecule has 3 N–H and O–H groups in total. The Morgan fingerprint density at radius 2 is 1.34 bits per heavy atom. The third-order valence-electron chi connectivity index (χ3n) is 4.27. The Hall–Kier alpha value is -2.89. The summed E-state index contributed by atoms with van der Waals surface area (Å²) in [6.07, 6.45) is 2.81. The van der Waals surface area contributed by atoms with Crippen LogP contribution in [-0.2, 0) is 20.9 Å². The monoisotopic (exact) mass is 489 g/mol. The van der Waals surface area contributed by atoms with E-state index in [9.17, 15) is 14.4 Å². The number of allylic oxidation sites excluding steroid dienone is 2. The lowest BCUT2D eigenvalue weighted by molar-refractivity contribution is -0.121. The maximum Gasteiger partial charge on any atom is 0.249 e. The number of hydrogen-bond donors (Lipinski definition) is 3. The predicted octanol–water partition coefficient (Wildman–Crippen LogP) is 6.43. The minimum atomic E-state index is -0.304. The number of rotatable bonds is 7. The first-order valence-corrected chi connectivity index (χ1v) is 12.7. The van der Waals surface area contributed by atoms with Crippen LogP contribution in [0.5, 0.6) is 0 Å². The standard InChI is InChI=1S/C15H26N2O2.C10H13NO.2C2H6/c1-8-10(3)13(16-12(18)9-2)11(4)14(19)17-15(5,6)7;1-2-10(12)11-8-9-6-4-3-5-7-9;2*1-2/h8H,9H2,1-7H3,(H,16,18)(H,17,19);3-7H,2,8H2,1H3,(H,11,12);2*1-2H3/b10-8-,13-11-;;;. The van der Waals surface area contributed by atoms with Gasteiger partial charge in [-0.25, -0.2) is 0 Å². The average molecular weight is 490 g/mol. The van der Waals surface area contributed by atoms with E-state index >= 15 is 0 Å². The summed E-state index contributed by atoms with van der Waals surface area (Å²) in [5, 5.41) is 8.50. The fourth-order valence-electron chi connectivity index (χ4n) is 2.33. The van der Waals surface area contributed by atoms with Crippen molar-refractivity contribution in [3.05, 3.63) is 58.8 Å². The molecule has 0 saturated heterocycles. The van der Waals surface area contributed by atoms with Gasteiger partial charge in [0.05, 0.1) is 5.70 Å². The van der Waals surface area contributed by atoms with Crippen molar-refractivity contribution in [1.82, 2.24) is 16.0 Å². The summed E-state index contributed by atoms with van der Waals surface area (Å²) in [7, 11) is 0. The van der Waals surface area contributed by atoms with E-state index in [0.717, 1.165) is 11.1 Å². The molecule has 0 aromatic heterocycles. The van der Waals surface area contributed by atoms with Crippen molar-refractivity contribution in [3.8, 4) is 0 Å². The van der Waals surface area contributed by atoms with E-state index in [2.05, 4.69) is 16.0 Å². The smallest absolute Gasteiger partial charge is 0.249 e. The van der Waals surface area contributed by atoms with Crippen molar-refractivity contribution < 1.29 is 14.4 Å². The van der Waals surface area contributed by atoms with Gasteiger partial charge in [0, 0.05) is 30.5 Å². The fourth-order valence-corrected chi connectivity index (χ4v) is 2.33. The lowest BCUT2D eigenvalue weighted by Gasteiger charge is -2.22. The summed E-state index contributed by atoms with van der Waals surface area (Å²) in [5.41, 5.74) is 2.83. The number of hydrogen-bond acceptors (Lipinski definition) is 3. The van der Waals surface area contributed by atoms with Gasteiger partial charge >= 0.3 is 0 Å².